The van der Waals surface area contributed by atoms with Crippen LogP contribution in [0.4, 0.5) is 0 Å². The first kappa shape index (κ1) is 44.3. The van der Waals surface area contributed by atoms with E-state index < -0.39 is 112 Å². The Bertz CT molecular complexity index is 2320. The Labute approximate surface area is 357 Å². The summed E-state index contributed by atoms with van der Waals surface area (Å²) in [5, 5.41) is 40.2. The Balaban J connectivity index is 1.42. The fourth-order valence-corrected chi connectivity index (χ4v) is 10.4. The van der Waals surface area contributed by atoms with Crippen LogP contribution in [-0.2, 0) is 42.9 Å². The molecule has 0 unspecified atom stereocenters. The molecule has 1 aromatic heterocycles. The number of esters is 4. The Morgan fingerprint density at radius 1 is 0.871 bits per heavy atom. The van der Waals surface area contributed by atoms with Crippen LogP contribution in [0.5, 0.6) is 0 Å². The number of amides is 1. The summed E-state index contributed by atoms with van der Waals surface area (Å²) in [6.45, 7) is 9.48. The molecule has 4 fully saturated rings. The van der Waals surface area contributed by atoms with Crippen LogP contribution in [0.2, 0.25) is 0 Å². The maximum Gasteiger partial charge on any atom is 0.338 e. The van der Waals surface area contributed by atoms with E-state index in [4.69, 9.17) is 23.7 Å². The normalized spacial score (nSPS) is 32.9. The third kappa shape index (κ3) is 6.89. The molecule has 5 aliphatic rings. The minimum Gasteiger partial charge on any atom is -0.456 e. The molecule has 0 spiro atoms. The number of rotatable bonds is 10. The molecule has 11 atom stereocenters. The van der Waals surface area contributed by atoms with E-state index >= 15 is 4.79 Å². The minimum atomic E-state index is -2.75. The summed E-state index contributed by atoms with van der Waals surface area (Å²) in [7, 11) is 0. The molecule has 328 valence electrons. The number of carbonyl (C=O) groups excluding carboxylic acids is 6. The number of nitrogens with zero attached hydrogens (tertiary/aromatic N) is 1. The number of pyridine rings is 1. The van der Waals surface area contributed by atoms with Gasteiger partial charge >= 0.3 is 23.9 Å². The van der Waals surface area contributed by atoms with Gasteiger partial charge in [0, 0.05) is 43.9 Å². The van der Waals surface area contributed by atoms with Crippen LogP contribution in [0.3, 0.4) is 0 Å². The van der Waals surface area contributed by atoms with Crippen LogP contribution in [0.15, 0.2) is 96.2 Å². The summed E-state index contributed by atoms with van der Waals surface area (Å²) < 4.78 is 31.2. The predicted octanol–water partition coefficient (Wildman–Crippen LogP) is 3.48. The second kappa shape index (κ2) is 15.8. The van der Waals surface area contributed by atoms with Crippen molar-refractivity contribution in [3.05, 3.63) is 113 Å². The number of Topliss-reactive ketones (excluding diaryl/α,β-unsaturated/α-hetero) is 1. The quantitative estimate of drug-likeness (QED) is 0.130. The van der Waals surface area contributed by atoms with Crippen LogP contribution in [0.25, 0.3) is 0 Å². The summed E-state index contributed by atoms with van der Waals surface area (Å²) in [6, 6.07) is 19.2. The van der Waals surface area contributed by atoms with E-state index in [1.165, 1.54) is 59.0 Å². The smallest absolute Gasteiger partial charge is 0.338 e. The van der Waals surface area contributed by atoms with Crippen molar-refractivity contribution in [3.63, 3.8) is 0 Å². The summed E-state index contributed by atoms with van der Waals surface area (Å²) in [6.07, 6.45) is -8.03. The number of benzene rings is 2. The second-order valence-corrected chi connectivity index (χ2v) is 17.4. The molecule has 0 radical (unpaired) electrons. The minimum absolute atomic E-state index is 0.00244. The average molecular weight is 855 g/mol. The van der Waals surface area contributed by atoms with Crippen molar-refractivity contribution in [2.45, 2.75) is 115 Å². The van der Waals surface area contributed by atoms with Gasteiger partial charge in [0.25, 0.3) is 11.7 Å². The Morgan fingerprint density at radius 2 is 1.48 bits per heavy atom. The summed E-state index contributed by atoms with van der Waals surface area (Å²) >= 11 is 0. The van der Waals surface area contributed by atoms with Crippen molar-refractivity contribution in [1.82, 2.24) is 10.3 Å². The van der Waals surface area contributed by atoms with Gasteiger partial charge in [-0.2, -0.15) is 0 Å². The molecule has 4 N–H and O–H groups in total. The van der Waals surface area contributed by atoms with Gasteiger partial charge in [-0.15, -0.1) is 0 Å². The molecule has 2 saturated carbocycles. The lowest BCUT2D eigenvalue weighted by Gasteiger charge is -2.62. The van der Waals surface area contributed by atoms with E-state index in [2.05, 4.69) is 10.3 Å². The number of carbonyl (C=O) groups is 6. The molecule has 3 aliphatic carbocycles. The van der Waals surface area contributed by atoms with Crippen molar-refractivity contribution in [1.29, 1.82) is 0 Å². The first-order valence-corrected chi connectivity index (χ1v) is 20.3. The van der Waals surface area contributed by atoms with Gasteiger partial charge in [0.1, 0.15) is 35.2 Å². The number of aliphatic hydroxyl groups is 3. The molecule has 8 rings (SSSR count). The third-order valence-electron chi connectivity index (χ3n) is 13.4. The zero-order chi connectivity index (χ0) is 45.2. The summed E-state index contributed by atoms with van der Waals surface area (Å²) in [4.78, 5) is 88.1. The SMILES string of the molecule is CC(=O)O[C@@]12O[C@@H]3C[C@H](O)[C@@](C)(C1=O)[C@H]([C@H](OC(=O)c1ccccc1)[C@]1(O)C[C@H](OC(=O)[C@H](O)[C@@H](NC(=O)c4ccccn4)c4ccccc4)C(C)=C2C1(C)C)[C@@]3(C)OC(C)=O. The van der Waals surface area contributed by atoms with Crippen LogP contribution >= 0.6 is 0 Å². The number of aromatic nitrogens is 1. The Kier molecular flexibility index (Phi) is 11.3. The molecule has 16 nitrogen and oxygen atoms in total. The molecule has 1 amide bonds. The van der Waals surface area contributed by atoms with Crippen LogP contribution in [-0.4, -0.2) is 103 Å². The second-order valence-electron chi connectivity index (χ2n) is 17.4. The standard InChI is InChI=1S/C46H50N2O14/c1-24-30(58-40(55)34(52)33(27-16-10-8-11-17-27)48-38(53)29-20-14-15-21-47-29)23-45(57)37(59-39(54)28-18-12-9-13-19-28)36-43(6)31(51)22-32(44(36,7)60-25(2)49)62-46(41(43)56,61-26(3)50)35(24)42(45,4)5/h8-21,30-34,36-37,51-52,57H,22-23H2,1-7H3,(H,48,53)/t30-,31-,32+,33-,34+,36-,37-,43+,44-,45+,46-/m0/s1. The number of hydrogen-bond donors (Lipinski definition) is 4. The summed E-state index contributed by atoms with van der Waals surface area (Å²) in [5.41, 5.74) is -8.06. The highest BCUT2D eigenvalue weighted by molar-refractivity contribution is 5.99. The van der Waals surface area contributed by atoms with Crippen molar-refractivity contribution in [3.8, 4) is 0 Å². The first-order chi connectivity index (χ1) is 29.1. The lowest BCUT2D eigenvalue weighted by molar-refractivity contribution is -0.266. The molecule has 16 heteroatoms. The molecule has 2 aliphatic heterocycles. The highest BCUT2D eigenvalue weighted by atomic mass is 16.7. The largest absolute Gasteiger partial charge is 0.456 e. The van der Waals surface area contributed by atoms with Crippen molar-refractivity contribution in [2.75, 3.05) is 0 Å². The molecule has 2 aromatic carbocycles. The summed E-state index contributed by atoms with van der Waals surface area (Å²) in [5.74, 6) is -10.1. The molecule has 3 heterocycles. The molecular formula is C46H50N2O14. The van der Waals surface area contributed by atoms with Crippen molar-refractivity contribution < 1.29 is 67.8 Å². The number of hydrogen-bond acceptors (Lipinski definition) is 15. The van der Waals surface area contributed by atoms with Gasteiger partial charge in [0.2, 0.25) is 5.78 Å². The first-order valence-electron chi connectivity index (χ1n) is 20.3. The van der Waals surface area contributed by atoms with Crippen molar-refractivity contribution in [2.24, 2.45) is 16.7 Å². The average Bonchev–Trinajstić information content (AvgIpc) is 3.33. The topological polar surface area (TPSA) is 234 Å². The van der Waals surface area contributed by atoms with Gasteiger partial charge in [-0.3, -0.25) is 24.2 Å². The van der Waals surface area contributed by atoms with Gasteiger partial charge in [-0.05, 0) is 56.2 Å². The van der Waals surface area contributed by atoms with E-state index in [1.54, 1.807) is 60.7 Å². The van der Waals surface area contributed by atoms with Crippen LogP contribution < -0.4 is 5.32 Å². The zero-order valence-corrected chi connectivity index (χ0v) is 35.3. The fraction of sp³-hybridized carbons (Fsp3) is 0.457. The Morgan fingerprint density at radius 3 is 2.08 bits per heavy atom. The van der Waals surface area contributed by atoms with Gasteiger partial charge < -0.3 is 44.3 Å². The van der Waals surface area contributed by atoms with Crippen molar-refractivity contribution >= 4 is 35.6 Å². The Hall–Kier alpha value is -5.81. The number of aliphatic hydroxyl groups excluding tert-OH is 2. The van der Waals surface area contributed by atoms with Gasteiger partial charge in [-0.25, -0.2) is 9.59 Å². The van der Waals surface area contributed by atoms with Gasteiger partial charge in [-0.1, -0.05) is 68.4 Å². The van der Waals surface area contributed by atoms with Gasteiger partial charge in [0.05, 0.1) is 29.0 Å². The molecule has 3 aromatic rings. The van der Waals surface area contributed by atoms with Gasteiger partial charge in [0.15, 0.2) is 6.10 Å². The van der Waals surface area contributed by atoms with E-state index in [9.17, 15) is 39.3 Å². The maximum absolute atomic E-state index is 15.7. The van der Waals surface area contributed by atoms with Crippen LogP contribution in [0, 0.1) is 16.7 Å². The lowest BCUT2D eigenvalue weighted by atomic mass is 9.46. The number of ketones is 1. The highest BCUT2D eigenvalue weighted by Crippen LogP contribution is 2.67. The van der Waals surface area contributed by atoms with E-state index in [0.29, 0.717) is 5.56 Å². The fourth-order valence-electron chi connectivity index (χ4n) is 10.4. The number of ether oxygens (including phenoxy) is 5. The van der Waals surface area contributed by atoms with E-state index in [0.717, 1.165) is 13.8 Å². The van der Waals surface area contributed by atoms with E-state index in [1.807, 2.05) is 0 Å². The molecule has 6 bridgehead atoms. The number of nitrogens with one attached hydrogen (secondary N) is 1. The third-order valence-corrected chi connectivity index (χ3v) is 13.4. The monoisotopic (exact) mass is 854 g/mol. The molecule has 62 heavy (non-hydrogen) atoms. The number of fused-ring (bicyclic) bond motifs is 3. The molecule has 2 saturated heterocycles. The molecular weight excluding hydrogens is 805 g/mol. The van der Waals surface area contributed by atoms with Crippen LogP contribution in [0.1, 0.15) is 93.8 Å². The van der Waals surface area contributed by atoms with E-state index in [-0.39, 0.29) is 28.8 Å². The maximum atomic E-state index is 15.7. The predicted molar refractivity (Wildman–Crippen MR) is 215 cm³/mol. The zero-order valence-electron chi connectivity index (χ0n) is 35.3. The highest BCUT2D eigenvalue weighted by Gasteiger charge is 2.81. The lowest BCUT2D eigenvalue weighted by Crippen LogP contribution is -2.76.